The van der Waals surface area contributed by atoms with E-state index in [1.54, 1.807) is 36.4 Å². The van der Waals surface area contributed by atoms with Crippen molar-refractivity contribution >= 4 is 40.6 Å². The zero-order chi connectivity index (χ0) is 16.4. The first kappa shape index (κ1) is 15.8. The summed E-state index contributed by atoms with van der Waals surface area (Å²) in [4.78, 5) is 25.9. The minimum atomic E-state index is -0.390. The third kappa shape index (κ3) is 3.63. The van der Waals surface area contributed by atoms with Crippen LogP contribution in [0.4, 0.5) is 9.18 Å². The summed E-state index contributed by atoms with van der Waals surface area (Å²) in [5.41, 5.74) is 1.35. The summed E-state index contributed by atoms with van der Waals surface area (Å²) >= 11 is 6.68. The molecule has 23 heavy (non-hydrogen) atoms. The van der Waals surface area contributed by atoms with Gasteiger partial charge in [0.1, 0.15) is 5.82 Å². The van der Waals surface area contributed by atoms with Crippen molar-refractivity contribution in [2.24, 2.45) is 0 Å². The van der Waals surface area contributed by atoms with Crippen LogP contribution in [0.15, 0.2) is 53.4 Å². The summed E-state index contributed by atoms with van der Waals surface area (Å²) in [6.07, 6.45) is 1.52. The molecule has 0 aliphatic carbocycles. The smallest absolute Gasteiger partial charge is 0.268 e. The maximum atomic E-state index is 13.2. The summed E-state index contributed by atoms with van der Waals surface area (Å²) < 4.78 is 13.2. The number of hydrogen-bond acceptors (Lipinski definition) is 3. The molecule has 1 saturated heterocycles. The van der Waals surface area contributed by atoms with E-state index in [9.17, 15) is 14.0 Å². The van der Waals surface area contributed by atoms with E-state index in [0.717, 1.165) is 17.3 Å². The van der Waals surface area contributed by atoms with E-state index in [-0.39, 0.29) is 28.4 Å². The van der Waals surface area contributed by atoms with Crippen LogP contribution in [0.5, 0.6) is 0 Å². The Morgan fingerprint density at radius 2 is 1.87 bits per heavy atom. The van der Waals surface area contributed by atoms with Crippen molar-refractivity contribution in [1.82, 2.24) is 4.90 Å². The van der Waals surface area contributed by atoms with E-state index in [4.69, 9.17) is 11.6 Å². The Kier molecular flexibility index (Phi) is 4.50. The third-order valence-electron chi connectivity index (χ3n) is 3.27. The number of rotatable bonds is 3. The van der Waals surface area contributed by atoms with Gasteiger partial charge in [-0.05, 0) is 53.2 Å². The lowest BCUT2D eigenvalue weighted by atomic mass is 10.2. The molecule has 116 valence electrons. The van der Waals surface area contributed by atoms with E-state index in [0.29, 0.717) is 10.6 Å². The summed E-state index contributed by atoms with van der Waals surface area (Å²) in [7, 11) is 0. The van der Waals surface area contributed by atoms with Crippen molar-refractivity contribution in [1.29, 1.82) is 0 Å². The highest BCUT2D eigenvalue weighted by atomic mass is 35.5. The Balaban J connectivity index is 1.81. The van der Waals surface area contributed by atoms with Gasteiger partial charge in [0.2, 0.25) is 0 Å². The quantitative estimate of drug-likeness (QED) is 0.754. The first-order valence-corrected chi connectivity index (χ1v) is 7.98. The van der Waals surface area contributed by atoms with E-state index in [1.807, 2.05) is 0 Å². The maximum absolute atomic E-state index is 13.2. The number of amides is 2. The number of carbonyl (C=O) groups is 2. The van der Waals surface area contributed by atoms with E-state index < -0.39 is 0 Å². The highest BCUT2D eigenvalue weighted by Crippen LogP contribution is 2.33. The average molecular weight is 348 g/mol. The lowest BCUT2D eigenvalue weighted by molar-refractivity contribution is -0.123. The molecule has 0 spiro atoms. The lowest BCUT2D eigenvalue weighted by Crippen LogP contribution is -2.27. The molecule has 0 aromatic heterocycles. The molecule has 6 heteroatoms. The van der Waals surface area contributed by atoms with Gasteiger partial charge < -0.3 is 0 Å². The third-order valence-corrected chi connectivity index (χ3v) is 4.43. The summed E-state index contributed by atoms with van der Waals surface area (Å²) in [6.45, 7) is 0.183. The van der Waals surface area contributed by atoms with Gasteiger partial charge >= 0.3 is 0 Å². The molecule has 1 heterocycles. The van der Waals surface area contributed by atoms with Crippen molar-refractivity contribution in [3.63, 3.8) is 0 Å². The summed E-state index contributed by atoms with van der Waals surface area (Å²) in [5, 5.41) is 0.251. The fourth-order valence-corrected chi connectivity index (χ4v) is 3.12. The summed E-state index contributed by atoms with van der Waals surface area (Å²) in [6, 6.07) is 12.8. The minimum Gasteiger partial charge on any atom is -0.268 e. The molecule has 0 atom stereocenters. The first-order chi connectivity index (χ1) is 11.0. The van der Waals surface area contributed by atoms with Crippen LogP contribution in [-0.4, -0.2) is 16.0 Å². The zero-order valence-electron chi connectivity index (χ0n) is 11.8. The Morgan fingerprint density at radius 1 is 1.13 bits per heavy atom. The molecule has 0 unspecified atom stereocenters. The Bertz CT molecular complexity index is 804. The number of nitrogens with zero attached hydrogens (tertiary/aromatic N) is 1. The monoisotopic (exact) mass is 347 g/mol. The van der Waals surface area contributed by atoms with Crippen LogP contribution < -0.4 is 0 Å². The van der Waals surface area contributed by atoms with Crippen molar-refractivity contribution < 1.29 is 14.0 Å². The zero-order valence-corrected chi connectivity index (χ0v) is 13.4. The number of halogens is 2. The fourth-order valence-electron chi connectivity index (χ4n) is 2.16. The van der Waals surface area contributed by atoms with Crippen LogP contribution in [0, 0.1) is 5.82 Å². The molecule has 1 fully saturated rings. The van der Waals surface area contributed by atoms with Gasteiger partial charge in [0.05, 0.1) is 11.4 Å². The largest absolute Gasteiger partial charge is 0.293 e. The molecule has 2 aromatic rings. The van der Waals surface area contributed by atoms with Crippen LogP contribution >= 0.6 is 23.4 Å². The maximum Gasteiger partial charge on any atom is 0.293 e. The normalized spacial score (nSPS) is 16.4. The second-order valence-corrected chi connectivity index (χ2v) is 6.38. The Hall–Kier alpha value is -2.11. The molecule has 0 N–H and O–H groups in total. The predicted octanol–water partition coefficient (Wildman–Crippen LogP) is 4.72. The van der Waals surface area contributed by atoms with Crippen LogP contribution in [0.25, 0.3) is 6.08 Å². The van der Waals surface area contributed by atoms with Gasteiger partial charge in [-0.25, -0.2) is 4.39 Å². The Morgan fingerprint density at radius 3 is 2.57 bits per heavy atom. The standard InChI is InChI=1S/C17H11ClFNO2S/c18-13-6-4-11(5-7-13)10-20-16(21)15(23-17(20)22)9-12-2-1-3-14(19)8-12/h1-9H,10H2/b15-9+. The van der Waals surface area contributed by atoms with Gasteiger partial charge in [-0.1, -0.05) is 35.9 Å². The lowest BCUT2D eigenvalue weighted by Gasteiger charge is -2.12. The average Bonchev–Trinajstić information content (AvgIpc) is 2.77. The Labute approximate surface area is 141 Å². The molecule has 0 bridgehead atoms. The van der Waals surface area contributed by atoms with Crippen molar-refractivity contribution in [2.75, 3.05) is 0 Å². The fraction of sp³-hybridized carbons (Fsp3) is 0.0588. The molecule has 0 radical (unpaired) electrons. The van der Waals surface area contributed by atoms with Gasteiger partial charge in [0.25, 0.3) is 11.1 Å². The van der Waals surface area contributed by atoms with Gasteiger partial charge in [0.15, 0.2) is 0 Å². The number of thioether (sulfide) groups is 1. The van der Waals surface area contributed by atoms with Crippen molar-refractivity contribution in [2.45, 2.75) is 6.54 Å². The molecular weight excluding hydrogens is 337 g/mol. The highest BCUT2D eigenvalue weighted by molar-refractivity contribution is 8.18. The molecule has 1 aliphatic rings. The van der Waals surface area contributed by atoms with E-state index in [1.165, 1.54) is 23.1 Å². The molecule has 3 rings (SSSR count). The number of imide groups is 1. The second kappa shape index (κ2) is 6.56. The van der Waals surface area contributed by atoms with Gasteiger partial charge in [-0.15, -0.1) is 0 Å². The van der Waals surface area contributed by atoms with Crippen LogP contribution in [0.3, 0.4) is 0 Å². The number of benzene rings is 2. The van der Waals surface area contributed by atoms with Crippen molar-refractivity contribution in [3.05, 3.63) is 75.4 Å². The number of carbonyl (C=O) groups excluding carboxylic acids is 2. The molecule has 0 saturated carbocycles. The van der Waals surface area contributed by atoms with Gasteiger partial charge in [0, 0.05) is 5.02 Å². The molecule has 2 aromatic carbocycles. The van der Waals surface area contributed by atoms with Crippen molar-refractivity contribution in [3.8, 4) is 0 Å². The molecule has 1 aliphatic heterocycles. The number of hydrogen-bond donors (Lipinski definition) is 0. The first-order valence-electron chi connectivity index (χ1n) is 6.78. The van der Waals surface area contributed by atoms with Crippen LogP contribution in [0.1, 0.15) is 11.1 Å². The van der Waals surface area contributed by atoms with Crippen LogP contribution in [0.2, 0.25) is 5.02 Å². The summed E-state index contributed by atoms with van der Waals surface area (Å²) in [5.74, 6) is -0.765. The van der Waals surface area contributed by atoms with Crippen LogP contribution in [-0.2, 0) is 11.3 Å². The minimum absolute atomic E-state index is 0.183. The molecule has 3 nitrogen and oxygen atoms in total. The van der Waals surface area contributed by atoms with E-state index >= 15 is 0 Å². The van der Waals surface area contributed by atoms with Gasteiger partial charge in [-0.2, -0.15) is 0 Å². The predicted molar refractivity (Wildman–Crippen MR) is 89.4 cm³/mol. The topological polar surface area (TPSA) is 37.4 Å². The molecular formula is C17H11ClFNO2S. The van der Waals surface area contributed by atoms with E-state index in [2.05, 4.69) is 0 Å². The van der Waals surface area contributed by atoms with Gasteiger partial charge in [-0.3, -0.25) is 14.5 Å². The second-order valence-electron chi connectivity index (χ2n) is 4.95. The highest BCUT2D eigenvalue weighted by Gasteiger charge is 2.34. The molecule has 2 amide bonds. The SMILES string of the molecule is O=C1S/C(=C/c2cccc(F)c2)C(=O)N1Cc1ccc(Cl)cc1.